The van der Waals surface area contributed by atoms with Gasteiger partial charge in [-0.05, 0) is 7.05 Å². The molecule has 0 aliphatic carbocycles. The molecule has 0 aliphatic heterocycles. The number of primary amides is 1. The summed E-state index contributed by atoms with van der Waals surface area (Å²) in [6.07, 6.45) is 0. The number of halogens is 1. The molecular weight excluding hydrogens is 230 g/mol. The highest BCUT2D eigenvalue weighted by Crippen LogP contribution is 2.24. The van der Waals surface area contributed by atoms with E-state index in [-0.39, 0.29) is 17.8 Å². The lowest BCUT2D eigenvalue weighted by molar-refractivity contribution is -0.120. The molecule has 1 atom stereocenters. The summed E-state index contributed by atoms with van der Waals surface area (Å²) in [5.74, 6) is 0.269. The Morgan fingerprint density at radius 2 is 2.12 bits per heavy atom. The molecule has 0 saturated carbocycles. The first-order valence-corrected chi connectivity index (χ1v) is 4.80. The Kier molecular flexibility index (Phi) is 4.96. The zero-order chi connectivity index (χ0) is 11.6. The van der Waals surface area contributed by atoms with Crippen molar-refractivity contribution in [2.75, 3.05) is 7.05 Å². The van der Waals surface area contributed by atoms with E-state index in [0.717, 1.165) is 5.76 Å². The normalized spacial score (nSPS) is 13.0. The number of nitrogens with two attached hydrogens (primary N) is 1. The quantitative estimate of drug-likeness (QED) is 0.839. The van der Waals surface area contributed by atoms with E-state index in [0.29, 0.717) is 5.69 Å². The molecule has 1 aromatic rings. The second kappa shape index (κ2) is 5.32. The van der Waals surface area contributed by atoms with Gasteiger partial charge in [-0.1, -0.05) is 25.9 Å². The standard InChI is InChI=1S/C10H17N3O2.ClH/c1-10(2,3)7-5-6(13-15-7)8(12-4)9(11)14;/h5,8,12H,1-4H3,(H2,11,14);1H. The minimum absolute atomic E-state index is 0. The molecule has 1 heterocycles. The van der Waals surface area contributed by atoms with E-state index < -0.39 is 11.9 Å². The molecule has 0 fully saturated rings. The maximum absolute atomic E-state index is 11.1. The fourth-order valence-corrected chi connectivity index (χ4v) is 1.21. The van der Waals surface area contributed by atoms with Gasteiger partial charge in [-0.25, -0.2) is 0 Å². The van der Waals surface area contributed by atoms with Crippen LogP contribution in [0.1, 0.15) is 38.3 Å². The van der Waals surface area contributed by atoms with Gasteiger partial charge in [0.05, 0.1) is 0 Å². The van der Waals surface area contributed by atoms with E-state index >= 15 is 0 Å². The summed E-state index contributed by atoms with van der Waals surface area (Å²) in [4.78, 5) is 11.1. The van der Waals surface area contributed by atoms with Gasteiger partial charge in [0.15, 0.2) is 0 Å². The Hall–Kier alpha value is -1.07. The number of nitrogens with zero attached hydrogens (tertiary/aromatic N) is 1. The van der Waals surface area contributed by atoms with Crippen LogP contribution in [0.2, 0.25) is 0 Å². The Balaban J connectivity index is 0.00000225. The number of likely N-dealkylation sites (N-methyl/N-ethyl adjacent to an activating group) is 1. The summed E-state index contributed by atoms with van der Waals surface area (Å²) in [5, 5.41) is 6.62. The summed E-state index contributed by atoms with van der Waals surface area (Å²) >= 11 is 0. The Morgan fingerprint density at radius 3 is 2.44 bits per heavy atom. The fraction of sp³-hybridized carbons (Fsp3) is 0.600. The zero-order valence-corrected chi connectivity index (χ0v) is 10.7. The molecule has 1 unspecified atom stereocenters. The Labute approximate surface area is 101 Å². The van der Waals surface area contributed by atoms with Crippen molar-refractivity contribution in [2.24, 2.45) is 5.73 Å². The summed E-state index contributed by atoms with van der Waals surface area (Å²) in [6, 6.07) is 1.16. The third kappa shape index (κ3) is 3.21. The van der Waals surface area contributed by atoms with Crippen molar-refractivity contribution in [3.05, 3.63) is 17.5 Å². The van der Waals surface area contributed by atoms with Crippen LogP contribution in [0.5, 0.6) is 0 Å². The van der Waals surface area contributed by atoms with Crippen LogP contribution in [0, 0.1) is 0 Å². The van der Waals surface area contributed by atoms with Crippen molar-refractivity contribution in [2.45, 2.75) is 32.2 Å². The van der Waals surface area contributed by atoms with Gasteiger partial charge in [0.2, 0.25) is 5.91 Å². The first-order valence-electron chi connectivity index (χ1n) is 4.80. The molecular formula is C10H18ClN3O2. The van der Waals surface area contributed by atoms with Crippen LogP contribution in [0.25, 0.3) is 0 Å². The number of hydrogen-bond donors (Lipinski definition) is 2. The molecule has 1 aromatic heterocycles. The van der Waals surface area contributed by atoms with E-state index in [1.54, 1.807) is 13.1 Å². The molecule has 0 aromatic carbocycles. The number of aromatic nitrogens is 1. The summed E-state index contributed by atoms with van der Waals surface area (Å²) < 4.78 is 5.16. The SMILES string of the molecule is CNC(C(N)=O)c1cc(C(C)(C)C)on1.Cl. The van der Waals surface area contributed by atoms with E-state index in [9.17, 15) is 4.79 Å². The summed E-state index contributed by atoms with van der Waals surface area (Å²) in [7, 11) is 1.65. The van der Waals surface area contributed by atoms with Crippen molar-refractivity contribution >= 4 is 18.3 Å². The molecule has 1 rings (SSSR count). The average molecular weight is 248 g/mol. The van der Waals surface area contributed by atoms with E-state index in [1.807, 2.05) is 20.8 Å². The van der Waals surface area contributed by atoms with Gasteiger partial charge >= 0.3 is 0 Å². The molecule has 92 valence electrons. The van der Waals surface area contributed by atoms with Gasteiger partial charge in [0.1, 0.15) is 17.5 Å². The predicted octanol–water partition coefficient (Wildman–Crippen LogP) is 1.14. The van der Waals surface area contributed by atoms with Crippen LogP contribution in [-0.2, 0) is 10.2 Å². The maximum Gasteiger partial charge on any atom is 0.240 e. The lowest BCUT2D eigenvalue weighted by atomic mass is 9.93. The summed E-state index contributed by atoms with van der Waals surface area (Å²) in [6.45, 7) is 6.03. The minimum Gasteiger partial charge on any atom is -0.368 e. The number of rotatable bonds is 3. The average Bonchev–Trinajstić information content (AvgIpc) is 2.52. The lowest BCUT2D eigenvalue weighted by Gasteiger charge is -2.12. The third-order valence-electron chi connectivity index (χ3n) is 2.14. The predicted molar refractivity (Wildman–Crippen MR) is 63.4 cm³/mol. The Morgan fingerprint density at radius 1 is 1.56 bits per heavy atom. The summed E-state index contributed by atoms with van der Waals surface area (Å²) in [5.41, 5.74) is 5.61. The number of amides is 1. The van der Waals surface area contributed by atoms with Crippen molar-refractivity contribution in [3.8, 4) is 0 Å². The smallest absolute Gasteiger partial charge is 0.240 e. The number of carbonyl (C=O) groups is 1. The van der Waals surface area contributed by atoms with Crippen molar-refractivity contribution < 1.29 is 9.32 Å². The van der Waals surface area contributed by atoms with Crippen LogP contribution in [0.3, 0.4) is 0 Å². The second-order valence-corrected chi connectivity index (χ2v) is 4.49. The molecule has 0 radical (unpaired) electrons. The van der Waals surface area contributed by atoms with Crippen LogP contribution in [-0.4, -0.2) is 18.1 Å². The van der Waals surface area contributed by atoms with Crippen LogP contribution in [0.4, 0.5) is 0 Å². The highest BCUT2D eigenvalue weighted by Gasteiger charge is 2.24. The van der Waals surface area contributed by atoms with Gasteiger partial charge in [-0.15, -0.1) is 12.4 Å². The first kappa shape index (κ1) is 14.9. The van der Waals surface area contributed by atoms with Gasteiger partial charge in [0, 0.05) is 11.5 Å². The monoisotopic (exact) mass is 247 g/mol. The largest absolute Gasteiger partial charge is 0.368 e. The molecule has 0 bridgehead atoms. The van der Waals surface area contributed by atoms with Crippen LogP contribution in [0.15, 0.2) is 10.6 Å². The molecule has 16 heavy (non-hydrogen) atoms. The van der Waals surface area contributed by atoms with E-state index in [4.69, 9.17) is 10.3 Å². The van der Waals surface area contributed by atoms with Gasteiger partial charge in [0.25, 0.3) is 0 Å². The fourth-order valence-electron chi connectivity index (χ4n) is 1.21. The Bertz CT molecular complexity index is 357. The van der Waals surface area contributed by atoms with Gasteiger partial charge < -0.3 is 15.6 Å². The molecule has 6 heteroatoms. The van der Waals surface area contributed by atoms with Crippen molar-refractivity contribution in [3.63, 3.8) is 0 Å². The minimum atomic E-state index is -0.593. The van der Waals surface area contributed by atoms with Gasteiger partial charge in [-0.3, -0.25) is 4.79 Å². The zero-order valence-electron chi connectivity index (χ0n) is 9.90. The molecule has 0 saturated heterocycles. The van der Waals surface area contributed by atoms with E-state index in [2.05, 4.69) is 10.5 Å². The first-order chi connectivity index (χ1) is 6.86. The van der Waals surface area contributed by atoms with Crippen LogP contribution < -0.4 is 11.1 Å². The second-order valence-electron chi connectivity index (χ2n) is 4.49. The third-order valence-corrected chi connectivity index (χ3v) is 2.14. The molecule has 5 nitrogen and oxygen atoms in total. The lowest BCUT2D eigenvalue weighted by Crippen LogP contribution is -2.31. The van der Waals surface area contributed by atoms with E-state index in [1.165, 1.54) is 0 Å². The highest BCUT2D eigenvalue weighted by atomic mass is 35.5. The molecule has 1 amide bonds. The van der Waals surface area contributed by atoms with Crippen molar-refractivity contribution in [1.82, 2.24) is 10.5 Å². The van der Waals surface area contributed by atoms with Crippen LogP contribution >= 0.6 is 12.4 Å². The highest BCUT2D eigenvalue weighted by molar-refractivity contribution is 5.85. The molecule has 0 aliphatic rings. The molecule has 3 N–H and O–H groups in total. The topological polar surface area (TPSA) is 81.1 Å². The maximum atomic E-state index is 11.1. The van der Waals surface area contributed by atoms with Crippen molar-refractivity contribution in [1.29, 1.82) is 0 Å². The molecule has 0 spiro atoms. The number of hydrogen-bond acceptors (Lipinski definition) is 4. The number of nitrogens with one attached hydrogen (secondary N) is 1. The van der Waals surface area contributed by atoms with Gasteiger partial charge in [-0.2, -0.15) is 0 Å². The number of carbonyl (C=O) groups excluding carboxylic acids is 1.